The monoisotopic (exact) mass is 503 g/mol. The van der Waals surface area contributed by atoms with E-state index in [2.05, 4.69) is 16.3 Å². The lowest BCUT2D eigenvalue weighted by Gasteiger charge is -2.43. The molecule has 0 aromatic heterocycles. The Morgan fingerprint density at radius 3 is 2.57 bits per heavy atom. The van der Waals surface area contributed by atoms with Crippen LogP contribution in [0, 0.1) is 18.3 Å². The smallest absolute Gasteiger partial charge is 0.254 e. The number of nitrogens with two attached hydrogens (primary N) is 1. The molecule has 2 aromatic rings. The Balaban J connectivity index is 1.55. The molecule has 37 heavy (non-hydrogen) atoms. The molecule has 2 heterocycles. The third-order valence-electron chi connectivity index (χ3n) is 7.33. The molecule has 0 radical (unpaired) electrons. The second-order valence-corrected chi connectivity index (χ2v) is 10.0. The molecule has 0 aliphatic carbocycles. The number of aryl methyl sites for hydroxylation is 1. The van der Waals surface area contributed by atoms with Crippen LogP contribution in [-0.4, -0.2) is 72.6 Å². The molecule has 2 unspecified atom stereocenters. The SMILES string of the molecule is Cc1ccc(C(=O)N2CCC(N(Cc3ccc(C#N)cc3)CC3CCCO3)C[C@@H]2C(=O)NCCN)cc1. The zero-order chi connectivity index (χ0) is 26.2. The number of amides is 2. The Morgan fingerprint density at radius 2 is 1.92 bits per heavy atom. The average molecular weight is 504 g/mol. The van der Waals surface area contributed by atoms with Gasteiger partial charge in [-0.1, -0.05) is 29.8 Å². The van der Waals surface area contributed by atoms with E-state index in [1.54, 1.807) is 4.90 Å². The first-order valence-electron chi connectivity index (χ1n) is 13.2. The van der Waals surface area contributed by atoms with E-state index in [1.807, 2.05) is 55.5 Å². The van der Waals surface area contributed by atoms with Crippen molar-refractivity contribution in [2.45, 2.75) is 57.3 Å². The molecule has 0 spiro atoms. The molecule has 2 aliphatic heterocycles. The van der Waals surface area contributed by atoms with E-state index < -0.39 is 6.04 Å². The maximum absolute atomic E-state index is 13.5. The van der Waals surface area contributed by atoms with Crippen molar-refractivity contribution in [3.05, 3.63) is 70.8 Å². The van der Waals surface area contributed by atoms with Gasteiger partial charge in [-0.25, -0.2) is 0 Å². The fraction of sp³-hybridized carbons (Fsp3) is 0.483. The number of nitrogens with one attached hydrogen (secondary N) is 1. The Kier molecular flexibility index (Phi) is 9.29. The predicted molar refractivity (Wildman–Crippen MR) is 142 cm³/mol. The molecular formula is C29H37N5O3. The summed E-state index contributed by atoms with van der Waals surface area (Å²) in [5.74, 6) is -0.282. The van der Waals surface area contributed by atoms with E-state index >= 15 is 0 Å². The van der Waals surface area contributed by atoms with E-state index in [9.17, 15) is 9.59 Å². The van der Waals surface area contributed by atoms with Gasteiger partial charge in [0.15, 0.2) is 0 Å². The van der Waals surface area contributed by atoms with Crippen molar-refractivity contribution in [3.63, 3.8) is 0 Å². The molecule has 4 rings (SSSR count). The third-order valence-corrected chi connectivity index (χ3v) is 7.33. The van der Waals surface area contributed by atoms with Gasteiger partial charge in [0, 0.05) is 50.9 Å². The van der Waals surface area contributed by atoms with Crippen LogP contribution in [0.1, 0.15) is 52.7 Å². The van der Waals surface area contributed by atoms with Crippen LogP contribution in [0.5, 0.6) is 0 Å². The van der Waals surface area contributed by atoms with Crippen molar-refractivity contribution < 1.29 is 14.3 Å². The van der Waals surface area contributed by atoms with Gasteiger partial charge < -0.3 is 20.7 Å². The number of ether oxygens (including phenoxy) is 1. The zero-order valence-corrected chi connectivity index (χ0v) is 21.6. The summed E-state index contributed by atoms with van der Waals surface area (Å²) in [5, 5.41) is 12.1. The lowest BCUT2D eigenvalue weighted by molar-refractivity contribution is -0.127. The normalized spacial score (nSPS) is 21.6. The molecule has 8 heteroatoms. The summed E-state index contributed by atoms with van der Waals surface area (Å²) in [4.78, 5) is 30.9. The van der Waals surface area contributed by atoms with Gasteiger partial charge in [0.05, 0.1) is 17.7 Å². The van der Waals surface area contributed by atoms with Crippen LogP contribution in [0.2, 0.25) is 0 Å². The maximum atomic E-state index is 13.5. The molecule has 2 fully saturated rings. The second-order valence-electron chi connectivity index (χ2n) is 10.0. The zero-order valence-electron chi connectivity index (χ0n) is 21.6. The summed E-state index contributed by atoms with van der Waals surface area (Å²) >= 11 is 0. The number of likely N-dealkylation sites (tertiary alicyclic amines) is 1. The summed E-state index contributed by atoms with van der Waals surface area (Å²) < 4.78 is 5.96. The fourth-order valence-corrected chi connectivity index (χ4v) is 5.26. The number of hydrogen-bond donors (Lipinski definition) is 2. The largest absolute Gasteiger partial charge is 0.377 e. The standard InChI is InChI=1S/C29H37N5O3/c1-21-4-10-24(11-5-21)29(36)34-15-12-25(17-27(34)28(35)32-14-13-30)33(20-26-3-2-16-37-26)19-23-8-6-22(18-31)7-9-23/h4-11,25-27H,2-3,12-17,19-20,30H2,1H3,(H,32,35)/t25?,26?,27-/m1/s1. The van der Waals surface area contributed by atoms with Crippen LogP contribution < -0.4 is 11.1 Å². The number of hydrogen-bond acceptors (Lipinski definition) is 6. The topological polar surface area (TPSA) is 112 Å². The van der Waals surface area contributed by atoms with Gasteiger partial charge in [0.1, 0.15) is 6.04 Å². The minimum atomic E-state index is -0.577. The van der Waals surface area contributed by atoms with Gasteiger partial charge >= 0.3 is 0 Å². The Bertz CT molecular complexity index is 1090. The summed E-state index contributed by atoms with van der Waals surface area (Å²) in [6, 6.07) is 16.9. The van der Waals surface area contributed by atoms with Crippen LogP contribution in [0.3, 0.4) is 0 Å². The number of rotatable bonds is 9. The number of carbonyl (C=O) groups is 2. The summed E-state index contributed by atoms with van der Waals surface area (Å²) in [6.07, 6.45) is 3.55. The van der Waals surface area contributed by atoms with E-state index in [4.69, 9.17) is 15.7 Å². The van der Waals surface area contributed by atoms with Crippen LogP contribution in [0.4, 0.5) is 0 Å². The highest BCUT2D eigenvalue weighted by atomic mass is 16.5. The lowest BCUT2D eigenvalue weighted by atomic mass is 9.93. The van der Waals surface area contributed by atoms with Gasteiger partial charge in [-0.05, 0) is 62.4 Å². The van der Waals surface area contributed by atoms with E-state index in [-0.39, 0.29) is 24.0 Å². The third kappa shape index (κ3) is 6.95. The molecule has 2 aromatic carbocycles. The van der Waals surface area contributed by atoms with Crippen molar-refractivity contribution in [1.29, 1.82) is 5.26 Å². The number of piperidine rings is 1. The number of carbonyl (C=O) groups excluding carboxylic acids is 2. The highest BCUT2D eigenvalue weighted by molar-refractivity contribution is 5.97. The Labute approximate surface area is 219 Å². The Morgan fingerprint density at radius 1 is 1.16 bits per heavy atom. The van der Waals surface area contributed by atoms with Crippen molar-refractivity contribution in [3.8, 4) is 6.07 Å². The molecule has 2 aliphatic rings. The highest BCUT2D eigenvalue weighted by Crippen LogP contribution is 2.27. The van der Waals surface area contributed by atoms with Gasteiger partial charge in [0.2, 0.25) is 5.91 Å². The molecule has 196 valence electrons. The molecule has 3 atom stereocenters. The van der Waals surface area contributed by atoms with Gasteiger partial charge in [-0.15, -0.1) is 0 Å². The van der Waals surface area contributed by atoms with Gasteiger partial charge in [-0.3, -0.25) is 14.5 Å². The van der Waals surface area contributed by atoms with Gasteiger partial charge in [-0.2, -0.15) is 5.26 Å². The molecular weight excluding hydrogens is 466 g/mol. The minimum Gasteiger partial charge on any atom is -0.377 e. The van der Waals surface area contributed by atoms with Crippen molar-refractivity contribution >= 4 is 11.8 Å². The first-order chi connectivity index (χ1) is 18.0. The second kappa shape index (κ2) is 12.8. The van der Waals surface area contributed by atoms with Crippen molar-refractivity contribution in [1.82, 2.24) is 15.1 Å². The summed E-state index contributed by atoms with van der Waals surface area (Å²) in [6.45, 7) is 5.44. The van der Waals surface area contributed by atoms with Crippen molar-refractivity contribution in [2.24, 2.45) is 5.73 Å². The number of nitriles is 1. The van der Waals surface area contributed by atoms with E-state index in [0.717, 1.165) is 43.5 Å². The van der Waals surface area contributed by atoms with Crippen LogP contribution in [-0.2, 0) is 16.1 Å². The first kappa shape index (κ1) is 26.8. The lowest BCUT2D eigenvalue weighted by Crippen LogP contribution is -2.58. The molecule has 2 saturated heterocycles. The summed E-state index contributed by atoms with van der Waals surface area (Å²) in [5.41, 5.74) is 9.06. The Hall–Kier alpha value is -3.25. The molecule has 0 bridgehead atoms. The van der Waals surface area contributed by atoms with E-state index in [1.165, 1.54) is 0 Å². The molecule has 2 amide bonds. The highest BCUT2D eigenvalue weighted by Gasteiger charge is 2.39. The van der Waals surface area contributed by atoms with Crippen LogP contribution >= 0.6 is 0 Å². The summed E-state index contributed by atoms with van der Waals surface area (Å²) in [7, 11) is 0. The fourth-order valence-electron chi connectivity index (χ4n) is 5.26. The first-order valence-corrected chi connectivity index (χ1v) is 13.2. The predicted octanol–water partition coefficient (Wildman–Crippen LogP) is 2.60. The quantitative estimate of drug-likeness (QED) is 0.544. The van der Waals surface area contributed by atoms with Crippen LogP contribution in [0.15, 0.2) is 48.5 Å². The molecule has 0 saturated carbocycles. The number of nitrogens with zero attached hydrogens (tertiary/aromatic N) is 3. The minimum absolute atomic E-state index is 0.107. The average Bonchev–Trinajstić information content (AvgIpc) is 3.44. The van der Waals surface area contributed by atoms with E-state index in [0.29, 0.717) is 43.7 Å². The molecule has 3 N–H and O–H groups in total. The van der Waals surface area contributed by atoms with Crippen molar-refractivity contribution in [2.75, 3.05) is 32.8 Å². The van der Waals surface area contributed by atoms with Crippen LogP contribution in [0.25, 0.3) is 0 Å². The maximum Gasteiger partial charge on any atom is 0.254 e. The molecule has 8 nitrogen and oxygen atoms in total. The number of benzene rings is 2. The van der Waals surface area contributed by atoms with Gasteiger partial charge in [0.25, 0.3) is 5.91 Å².